The van der Waals surface area contributed by atoms with Crippen molar-refractivity contribution in [2.75, 3.05) is 0 Å². The van der Waals surface area contributed by atoms with Crippen molar-refractivity contribution >= 4 is 0 Å². The average Bonchev–Trinajstić information content (AvgIpc) is 2.45. The molecule has 0 aliphatic carbocycles. The Kier molecular flexibility index (Phi) is 4.85. The summed E-state index contributed by atoms with van der Waals surface area (Å²) in [6.07, 6.45) is -4.65. The van der Waals surface area contributed by atoms with Gasteiger partial charge in [-0.05, 0) is 30.2 Å². The van der Waals surface area contributed by atoms with Gasteiger partial charge in [-0.1, -0.05) is 42.5 Å². The van der Waals surface area contributed by atoms with Gasteiger partial charge in [0.1, 0.15) is 5.75 Å². The predicted octanol–water partition coefficient (Wildman–Crippen LogP) is 4.44. The molecular weight excluding hydrogens is 279 g/mol. The topological polar surface area (TPSA) is 21.3 Å². The minimum atomic E-state index is -4.65. The number of alkyl halides is 3. The number of hydrogen-bond donors (Lipinski definition) is 1. The van der Waals surface area contributed by atoms with Crippen molar-refractivity contribution in [1.29, 1.82) is 0 Å². The molecule has 1 N–H and O–H groups in total. The second-order valence-electron chi connectivity index (χ2n) is 4.71. The third-order valence-electron chi connectivity index (χ3n) is 3.07. The highest BCUT2D eigenvalue weighted by atomic mass is 19.4. The Morgan fingerprint density at radius 2 is 1.62 bits per heavy atom. The SMILES string of the molecule is CC(NCc1ccc(OC(F)(F)F)cc1)c1ccccc1. The molecule has 112 valence electrons. The van der Waals surface area contributed by atoms with Gasteiger partial charge in [0.15, 0.2) is 0 Å². The monoisotopic (exact) mass is 295 g/mol. The van der Waals surface area contributed by atoms with Crippen LogP contribution < -0.4 is 10.1 Å². The van der Waals surface area contributed by atoms with E-state index in [2.05, 4.69) is 10.1 Å². The summed E-state index contributed by atoms with van der Waals surface area (Å²) in [4.78, 5) is 0. The van der Waals surface area contributed by atoms with E-state index in [0.717, 1.165) is 11.1 Å². The van der Waals surface area contributed by atoms with Crippen molar-refractivity contribution in [1.82, 2.24) is 5.32 Å². The van der Waals surface area contributed by atoms with E-state index in [0.29, 0.717) is 6.54 Å². The van der Waals surface area contributed by atoms with E-state index >= 15 is 0 Å². The first-order chi connectivity index (χ1) is 9.94. The highest BCUT2D eigenvalue weighted by Crippen LogP contribution is 2.23. The van der Waals surface area contributed by atoms with Gasteiger partial charge in [0.25, 0.3) is 0 Å². The van der Waals surface area contributed by atoms with Crippen LogP contribution in [0, 0.1) is 0 Å². The lowest BCUT2D eigenvalue weighted by Crippen LogP contribution is -2.18. The van der Waals surface area contributed by atoms with Gasteiger partial charge < -0.3 is 10.1 Å². The van der Waals surface area contributed by atoms with Crippen molar-refractivity contribution in [2.24, 2.45) is 0 Å². The van der Waals surface area contributed by atoms with Gasteiger partial charge in [-0.2, -0.15) is 0 Å². The summed E-state index contributed by atoms with van der Waals surface area (Å²) in [5, 5.41) is 3.32. The highest BCUT2D eigenvalue weighted by Gasteiger charge is 2.30. The van der Waals surface area contributed by atoms with Gasteiger partial charge >= 0.3 is 6.36 Å². The first-order valence-corrected chi connectivity index (χ1v) is 6.57. The van der Waals surface area contributed by atoms with E-state index in [4.69, 9.17) is 0 Å². The Labute approximate surface area is 121 Å². The van der Waals surface area contributed by atoms with Gasteiger partial charge in [0, 0.05) is 12.6 Å². The molecule has 0 heterocycles. The molecular formula is C16H16F3NO. The molecule has 0 amide bonds. The second-order valence-corrected chi connectivity index (χ2v) is 4.71. The van der Waals surface area contributed by atoms with Crippen LogP contribution in [0.5, 0.6) is 5.75 Å². The minimum absolute atomic E-state index is 0.164. The van der Waals surface area contributed by atoms with Crippen LogP contribution in [0.2, 0.25) is 0 Å². The van der Waals surface area contributed by atoms with Crippen LogP contribution in [0.3, 0.4) is 0 Å². The van der Waals surface area contributed by atoms with Gasteiger partial charge in [-0.15, -0.1) is 13.2 Å². The van der Waals surface area contributed by atoms with Crippen LogP contribution >= 0.6 is 0 Å². The number of nitrogens with one attached hydrogen (secondary N) is 1. The van der Waals surface area contributed by atoms with Crippen molar-refractivity contribution in [2.45, 2.75) is 25.9 Å². The molecule has 0 spiro atoms. The molecule has 1 unspecified atom stereocenters. The number of rotatable bonds is 5. The molecule has 0 saturated heterocycles. The second kappa shape index (κ2) is 6.63. The number of halogens is 3. The standard InChI is InChI=1S/C16H16F3NO/c1-12(14-5-3-2-4-6-14)20-11-13-7-9-15(10-8-13)21-16(17,18)19/h2-10,12,20H,11H2,1H3. The van der Waals surface area contributed by atoms with Crippen molar-refractivity contribution in [3.05, 3.63) is 65.7 Å². The average molecular weight is 295 g/mol. The van der Waals surface area contributed by atoms with Crippen molar-refractivity contribution < 1.29 is 17.9 Å². The molecule has 2 aromatic rings. The summed E-state index contributed by atoms with van der Waals surface area (Å²) < 4.78 is 40.0. The fourth-order valence-corrected chi connectivity index (χ4v) is 1.94. The van der Waals surface area contributed by atoms with E-state index in [1.807, 2.05) is 37.3 Å². The summed E-state index contributed by atoms with van der Waals surface area (Å²) in [6, 6.07) is 16.0. The summed E-state index contributed by atoms with van der Waals surface area (Å²) in [5.41, 5.74) is 2.06. The fourth-order valence-electron chi connectivity index (χ4n) is 1.94. The van der Waals surface area contributed by atoms with Gasteiger partial charge in [0.2, 0.25) is 0 Å². The Morgan fingerprint density at radius 3 is 2.19 bits per heavy atom. The molecule has 0 aliphatic rings. The van der Waals surface area contributed by atoms with Gasteiger partial charge in [-0.3, -0.25) is 0 Å². The summed E-state index contributed by atoms with van der Waals surface area (Å²) in [5.74, 6) is -0.206. The summed E-state index contributed by atoms with van der Waals surface area (Å²) in [6.45, 7) is 2.61. The molecule has 2 rings (SSSR count). The molecule has 2 nitrogen and oxygen atoms in total. The minimum Gasteiger partial charge on any atom is -0.406 e. The predicted molar refractivity (Wildman–Crippen MR) is 74.8 cm³/mol. The molecule has 0 aliphatic heterocycles. The number of benzene rings is 2. The van der Waals surface area contributed by atoms with Crippen molar-refractivity contribution in [3.8, 4) is 5.75 Å². The maximum absolute atomic E-state index is 12.0. The van der Waals surface area contributed by atoms with E-state index in [1.165, 1.54) is 12.1 Å². The molecule has 21 heavy (non-hydrogen) atoms. The Hall–Kier alpha value is -2.01. The lowest BCUT2D eigenvalue weighted by atomic mass is 10.1. The third-order valence-corrected chi connectivity index (χ3v) is 3.07. The lowest BCUT2D eigenvalue weighted by molar-refractivity contribution is -0.274. The third kappa shape index (κ3) is 5.11. The zero-order valence-electron chi connectivity index (χ0n) is 11.5. The smallest absolute Gasteiger partial charge is 0.406 e. The van der Waals surface area contributed by atoms with Gasteiger partial charge in [-0.25, -0.2) is 0 Å². The van der Waals surface area contributed by atoms with E-state index in [1.54, 1.807) is 12.1 Å². The molecule has 0 fully saturated rings. The number of ether oxygens (including phenoxy) is 1. The molecule has 2 aromatic carbocycles. The largest absolute Gasteiger partial charge is 0.573 e. The zero-order chi connectivity index (χ0) is 15.3. The van der Waals surface area contributed by atoms with Gasteiger partial charge in [0.05, 0.1) is 0 Å². The zero-order valence-corrected chi connectivity index (χ0v) is 11.5. The molecule has 0 saturated carbocycles. The van der Waals surface area contributed by atoms with Crippen LogP contribution in [0.1, 0.15) is 24.1 Å². The molecule has 0 bridgehead atoms. The molecule has 5 heteroatoms. The van der Waals surface area contributed by atoms with Crippen LogP contribution in [-0.4, -0.2) is 6.36 Å². The molecule has 1 atom stereocenters. The van der Waals surface area contributed by atoms with Crippen molar-refractivity contribution in [3.63, 3.8) is 0 Å². The maximum atomic E-state index is 12.0. The van der Waals surface area contributed by atoms with E-state index < -0.39 is 6.36 Å². The Balaban J connectivity index is 1.89. The normalized spacial score (nSPS) is 13.0. The molecule has 0 aromatic heterocycles. The van der Waals surface area contributed by atoms with Crippen LogP contribution in [-0.2, 0) is 6.54 Å². The quantitative estimate of drug-likeness (QED) is 0.880. The highest BCUT2D eigenvalue weighted by molar-refractivity contribution is 5.27. The summed E-state index contributed by atoms with van der Waals surface area (Å²) in [7, 11) is 0. The Bertz CT molecular complexity index is 552. The first-order valence-electron chi connectivity index (χ1n) is 6.57. The van der Waals surface area contributed by atoms with E-state index in [9.17, 15) is 13.2 Å². The van der Waals surface area contributed by atoms with Crippen LogP contribution in [0.4, 0.5) is 13.2 Å². The number of hydrogen-bond acceptors (Lipinski definition) is 2. The maximum Gasteiger partial charge on any atom is 0.573 e. The molecule has 0 radical (unpaired) electrons. The Morgan fingerprint density at radius 1 is 1.00 bits per heavy atom. The summed E-state index contributed by atoms with van der Waals surface area (Å²) >= 11 is 0. The van der Waals surface area contributed by atoms with E-state index in [-0.39, 0.29) is 11.8 Å². The van der Waals surface area contributed by atoms with Crippen LogP contribution in [0.25, 0.3) is 0 Å². The first kappa shape index (κ1) is 15.4. The fraction of sp³-hybridized carbons (Fsp3) is 0.250. The van der Waals surface area contributed by atoms with Crippen LogP contribution in [0.15, 0.2) is 54.6 Å². The lowest BCUT2D eigenvalue weighted by Gasteiger charge is -2.14.